The third-order valence-corrected chi connectivity index (χ3v) is 2.51. The fourth-order valence-corrected chi connectivity index (χ4v) is 1.60. The van der Waals surface area contributed by atoms with Crippen LogP contribution in [0.5, 0.6) is 11.6 Å². The minimum Gasteiger partial charge on any atom is -0.473 e. The standard InChI is InChI=1S/C13H9ClF3NO2/c14-12-10(20-13(15,16)17)6-7-11(18-12)19-8-9-4-2-1-3-5-9/h1-7H,8H2. The van der Waals surface area contributed by atoms with Crippen LogP contribution in [0.15, 0.2) is 42.5 Å². The minimum atomic E-state index is -4.81. The molecule has 0 unspecified atom stereocenters. The number of nitrogens with zero attached hydrogens (tertiary/aromatic N) is 1. The highest BCUT2D eigenvalue weighted by Crippen LogP contribution is 2.30. The number of hydrogen-bond acceptors (Lipinski definition) is 3. The first kappa shape index (κ1) is 14.5. The smallest absolute Gasteiger partial charge is 0.473 e. The molecule has 2 rings (SSSR count). The van der Waals surface area contributed by atoms with Gasteiger partial charge in [-0.05, 0) is 11.6 Å². The maximum absolute atomic E-state index is 12.1. The van der Waals surface area contributed by atoms with Gasteiger partial charge in [0, 0.05) is 6.07 Å². The largest absolute Gasteiger partial charge is 0.573 e. The molecular formula is C13H9ClF3NO2. The molecule has 106 valence electrons. The number of ether oxygens (including phenoxy) is 2. The Kier molecular flexibility index (Phi) is 4.34. The fourth-order valence-electron chi connectivity index (χ4n) is 1.42. The molecule has 0 bridgehead atoms. The number of aromatic nitrogens is 1. The Morgan fingerprint density at radius 1 is 1.05 bits per heavy atom. The van der Waals surface area contributed by atoms with Crippen LogP contribution in [0, 0.1) is 0 Å². The molecule has 0 atom stereocenters. The fraction of sp³-hybridized carbons (Fsp3) is 0.154. The maximum atomic E-state index is 12.1. The van der Waals surface area contributed by atoms with E-state index in [1.54, 1.807) is 0 Å². The average molecular weight is 304 g/mol. The van der Waals surface area contributed by atoms with Crippen molar-refractivity contribution in [2.24, 2.45) is 0 Å². The summed E-state index contributed by atoms with van der Waals surface area (Å²) in [6.07, 6.45) is -4.81. The number of pyridine rings is 1. The van der Waals surface area contributed by atoms with Gasteiger partial charge in [-0.2, -0.15) is 4.98 Å². The van der Waals surface area contributed by atoms with Gasteiger partial charge in [-0.25, -0.2) is 0 Å². The first-order valence-corrected chi connectivity index (χ1v) is 5.91. The molecule has 1 aromatic heterocycles. The van der Waals surface area contributed by atoms with Crippen LogP contribution in [0.3, 0.4) is 0 Å². The lowest BCUT2D eigenvalue weighted by Gasteiger charge is -2.11. The van der Waals surface area contributed by atoms with Crippen molar-refractivity contribution in [3.05, 3.63) is 53.2 Å². The van der Waals surface area contributed by atoms with Crippen LogP contribution in [0.25, 0.3) is 0 Å². The van der Waals surface area contributed by atoms with Gasteiger partial charge in [0.15, 0.2) is 10.9 Å². The normalized spacial score (nSPS) is 11.2. The van der Waals surface area contributed by atoms with E-state index in [0.29, 0.717) is 0 Å². The molecule has 0 aliphatic heterocycles. The average Bonchev–Trinajstić information content (AvgIpc) is 2.39. The molecule has 0 saturated carbocycles. The molecule has 7 heteroatoms. The van der Waals surface area contributed by atoms with Crippen LogP contribution in [0.4, 0.5) is 13.2 Å². The SMILES string of the molecule is FC(F)(F)Oc1ccc(OCc2ccccc2)nc1Cl. The van der Waals surface area contributed by atoms with Gasteiger partial charge >= 0.3 is 6.36 Å². The van der Waals surface area contributed by atoms with Gasteiger partial charge in [0.05, 0.1) is 0 Å². The first-order valence-electron chi connectivity index (χ1n) is 5.53. The molecule has 3 nitrogen and oxygen atoms in total. The minimum absolute atomic E-state index is 0.119. The molecule has 1 aromatic carbocycles. The Labute approximate surface area is 117 Å². The Balaban J connectivity index is 2.02. The van der Waals surface area contributed by atoms with Crippen LogP contribution >= 0.6 is 11.6 Å². The molecule has 0 saturated heterocycles. The Morgan fingerprint density at radius 2 is 1.75 bits per heavy atom. The van der Waals surface area contributed by atoms with Crippen LogP contribution in [0.1, 0.15) is 5.56 Å². The van der Waals surface area contributed by atoms with Gasteiger partial charge in [-0.15, -0.1) is 13.2 Å². The van der Waals surface area contributed by atoms with Crippen molar-refractivity contribution in [3.8, 4) is 11.6 Å². The summed E-state index contributed by atoms with van der Waals surface area (Å²) in [5.74, 6) is -0.445. The van der Waals surface area contributed by atoms with Crippen LogP contribution in [0.2, 0.25) is 5.15 Å². The number of halogens is 4. The van der Waals surface area contributed by atoms with E-state index in [2.05, 4.69) is 9.72 Å². The van der Waals surface area contributed by atoms with Crippen molar-refractivity contribution in [1.82, 2.24) is 4.98 Å². The zero-order valence-electron chi connectivity index (χ0n) is 10.0. The zero-order valence-corrected chi connectivity index (χ0v) is 10.8. The van der Waals surface area contributed by atoms with Crippen molar-refractivity contribution in [3.63, 3.8) is 0 Å². The summed E-state index contributed by atoms with van der Waals surface area (Å²) in [5, 5.41) is -0.409. The second-order valence-electron chi connectivity index (χ2n) is 3.76. The zero-order chi connectivity index (χ0) is 14.6. The van der Waals surface area contributed by atoms with Gasteiger partial charge in [-0.1, -0.05) is 41.9 Å². The van der Waals surface area contributed by atoms with Crippen molar-refractivity contribution in [2.75, 3.05) is 0 Å². The summed E-state index contributed by atoms with van der Waals surface area (Å²) in [5.41, 5.74) is 0.904. The van der Waals surface area contributed by atoms with E-state index < -0.39 is 17.3 Å². The van der Waals surface area contributed by atoms with Crippen molar-refractivity contribution < 1.29 is 22.6 Å². The Hall–Kier alpha value is -1.95. The van der Waals surface area contributed by atoms with E-state index in [1.807, 2.05) is 30.3 Å². The van der Waals surface area contributed by atoms with Crippen LogP contribution in [-0.2, 0) is 6.61 Å². The maximum Gasteiger partial charge on any atom is 0.573 e. The molecule has 2 aromatic rings. The lowest BCUT2D eigenvalue weighted by atomic mass is 10.2. The second kappa shape index (κ2) is 6.00. The first-order chi connectivity index (χ1) is 9.44. The third kappa shape index (κ3) is 4.31. The van der Waals surface area contributed by atoms with Crippen molar-refractivity contribution in [1.29, 1.82) is 0 Å². The Bertz CT molecular complexity index is 576. The topological polar surface area (TPSA) is 31.4 Å². The quantitative estimate of drug-likeness (QED) is 0.793. The highest BCUT2D eigenvalue weighted by atomic mass is 35.5. The molecule has 0 fully saturated rings. The summed E-state index contributed by atoms with van der Waals surface area (Å²) in [6, 6.07) is 11.6. The van der Waals surface area contributed by atoms with Crippen molar-refractivity contribution >= 4 is 11.6 Å². The van der Waals surface area contributed by atoms with Gasteiger partial charge in [0.25, 0.3) is 0 Å². The third-order valence-electron chi connectivity index (χ3n) is 2.24. The van der Waals surface area contributed by atoms with Gasteiger partial charge in [0.2, 0.25) is 5.88 Å². The van der Waals surface area contributed by atoms with Crippen LogP contribution < -0.4 is 9.47 Å². The highest BCUT2D eigenvalue weighted by Gasteiger charge is 2.32. The molecule has 0 aliphatic rings. The number of benzene rings is 1. The monoisotopic (exact) mass is 303 g/mol. The molecule has 20 heavy (non-hydrogen) atoms. The Morgan fingerprint density at radius 3 is 2.35 bits per heavy atom. The number of alkyl halides is 3. The summed E-state index contributed by atoms with van der Waals surface area (Å²) < 4.78 is 45.2. The van der Waals surface area contributed by atoms with E-state index in [9.17, 15) is 13.2 Å². The molecule has 0 aliphatic carbocycles. The predicted octanol–water partition coefficient (Wildman–Crippen LogP) is 4.21. The highest BCUT2D eigenvalue weighted by molar-refractivity contribution is 6.30. The van der Waals surface area contributed by atoms with Crippen LogP contribution in [-0.4, -0.2) is 11.3 Å². The summed E-state index contributed by atoms with van der Waals surface area (Å²) >= 11 is 5.60. The lowest BCUT2D eigenvalue weighted by molar-refractivity contribution is -0.274. The number of rotatable bonds is 4. The van der Waals surface area contributed by atoms with E-state index >= 15 is 0 Å². The second-order valence-corrected chi connectivity index (χ2v) is 4.12. The lowest BCUT2D eigenvalue weighted by Crippen LogP contribution is -2.17. The summed E-state index contributed by atoms with van der Waals surface area (Å²) in [4.78, 5) is 3.69. The molecule has 0 amide bonds. The van der Waals surface area contributed by atoms with E-state index in [4.69, 9.17) is 16.3 Å². The van der Waals surface area contributed by atoms with Gasteiger partial charge < -0.3 is 9.47 Å². The van der Waals surface area contributed by atoms with E-state index in [0.717, 1.165) is 11.6 Å². The van der Waals surface area contributed by atoms with Gasteiger partial charge in [0.1, 0.15) is 6.61 Å². The van der Waals surface area contributed by atoms with Crippen molar-refractivity contribution in [2.45, 2.75) is 13.0 Å². The summed E-state index contributed by atoms with van der Waals surface area (Å²) in [6.45, 7) is 0.240. The number of hydrogen-bond donors (Lipinski definition) is 0. The van der Waals surface area contributed by atoms with E-state index in [-0.39, 0.29) is 12.5 Å². The predicted molar refractivity (Wildman–Crippen MR) is 66.7 cm³/mol. The summed E-state index contributed by atoms with van der Waals surface area (Å²) in [7, 11) is 0. The molecule has 0 N–H and O–H groups in total. The van der Waals surface area contributed by atoms with E-state index in [1.165, 1.54) is 6.07 Å². The molecular weight excluding hydrogens is 295 g/mol. The molecule has 0 radical (unpaired) electrons. The van der Waals surface area contributed by atoms with Gasteiger partial charge in [-0.3, -0.25) is 0 Å². The molecule has 1 heterocycles. The molecule has 0 spiro atoms.